The first-order valence-corrected chi connectivity index (χ1v) is 3.00. The summed E-state index contributed by atoms with van der Waals surface area (Å²) in [6, 6.07) is 0. The molecule has 0 atom stereocenters. The van der Waals surface area contributed by atoms with Gasteiger partial charge in [0.2, 0.25) is 0 Å². The van der Waals surface area contributed by atoms with Gasteiger partial charge in [0.1, 0.15) is 0 Å². The minimum absolute atomic E-state index is 0. The van der Waals surface area contributed by atoms with Gasteiger partial charge in [0.15, 0.2) is 0 Å². The Kier molecular flexibility index (Phi) is 21.5. The highest BCUT2D eigenvalue weighted by Gasteiger charge is 1.33. The van der Waals surface area contributed by atoms with Gasteiger partial charge in [-0.2, -0.15) is 0 Å². The Morgan fingerprint density at radius 1 is 1.25 bits per heavy atom. The largest absolute Gasteiger partial charge is 0.129 e. The average molecular weight is 75.9 g/mol. The minimum atomic E-state index is 0. The Hall–Kier alpha value is 0.495. The number of hydrogen-bond donors (Lipinski definition) is 0. The summed E-state index contributed by atoms with van der Waals surface area (Å²) in [5, 5.41) is 0. The Morgan fingerprint density at radius 3 is 1.25 bits per heavy atom. The zero-order valence-electron chi connectivity index (χ0n) is 2.50. The van der Waals surface area contributed by atoms with Crippen molar-refractivity contribution in [3.63, 3.8) is 0 Å². The molecule has 0 aromatic heterocycles. The van der Waals surface area contributed by atoms with E-state index < -0.39 is 0 Å². The molecular formula is C2H10BP. The first kappa shape index (κ1) is 8.82. The molecule has 0 aromatic rings. The normalized spacial score (nSPS) is 4.50. The van der Waals surface area contributed by atoms with E-state index in [2.05, 4.69) is 13.3 Å². The van der Waals surface area contributed by atoms with Crippen LogP contribution in [0.4, 0.5) is 0 Å². The summed E-state index contributed by atoms with van der Waals surface area (Å²) in [5.41, 5.74) is 0. The maximum absolute atomic E-state index is 2.15. The van der Waals surface area contributed by atoms with Crippen molar-refractivity contribution in [3.05, 3.63) is 0 Å². The van der Waals surface area contributed by atoms with Crippen LogP contribution in [0.3, 0.4) is 0 Å². The van der Waals surface area contributed by atoms with Crippen LogP contribution < -0.4 is 0 Å². The van der Waals surface area contributed by atoms with Crippen LogP contribution in [0.1, 0.15) is 0 Å². The molecule has 0 spiro atoms. The van der Waals surface area contributed by atoms with Gasteiger partial charge in [-0.05, 0) is 13.3 Å². The van der Waals surface area contributed by atoms with Crippen molar-refractivity contribution < 1.29 is 0 Å². The van der Waals surface area contributed by atoms with Gasteiger partial charge in [0.25, 0.3) is 0 Å². The molecular weight excluding hydrogens is 65.8 g/mol. The second kappa shape index (κ2) is 9.73. The van der Waals surface area contributed by atoms with Crippen LogP contribution in [-0.2, 0) is 0 Å². The van der Waals surface area contributed by atoms with Gasteiger partial charge in [-0.25, -0.2) is 0 Å². The third-order valence-electron chi connectivity index (χ3n) is 0. The van der Waals surface area contributed by atoms with Crippen molar-refractivity contribution in [2.75, 3.05) is 13.3 Å². The SMILES string of the molecule is B.CPC. The van der Waals surface area contributed by atoms with E-state index in [0.717, 1.165) is 8.58 Å². The maximum Gasteiger partial charge on any atom is 0.0814 e. The fourth-order valence-electron chi connectivity index (χ4n) is 0. The van der Waals surface area contributed by atoms with E-state index in [-0.39, 0.29) is 8.41 Å². The standard InChI is InChI=1S/C2H7P.BH3/c1-3-2;/h3H,1-2H3;1H3. The minimum Gasteiger partial charge on any atom is -0.129 e. The molecule has 0 saturated heterocycles. The lowest BCUT2D eigenvalue weighted by atomic mass is 10.8. The molecule has 0 heterocycles. The number of hydrogen-bond acceptors (Lipinski definition) is 0. The van der Waals surface area contributed by atoms with Crippen LogP contribution in [0.15, 0.2) is 0 Å². The zero-order chi connectivity index (χ0) is 2.71. The predicted molar refractivity (Wildman–Crippen MR) is 30.1 cm³/mol. The molecule has 0 fully saturated rings. The Balaban J connectivity index is 0. The predicted octanol–water partition coefficient (Wildman–Crippen LogP) is -0.259. The molecule has 0 N–H and O–H groups in total. The van der Waals surface area contributed by atoms with E-state index in [4.69, 9.17) is 0 Å². The van der Waals surface area contributed by atoms with E-state index in [0.29, 0.717) is 0 Å². The van der Waals surface area contributed by atoms with Crippen molar-refractivity contribution in [1.29, 1.82) is 0 Å². The summed E-state index contributed by atoms with van der Waals surface area (Å²) in [6.07, 6.45) is 0. The fourth-order valence-corrected chi connectivity index (χ4v) is 0. The molecule has 0 amide bonds. The molecule has 0 radical (unpaired) electrons. The fraction of sp³-hybridized carbons (Fsp3) is 1.00. The molecule has 26 valence electrons. The van der Waals surface area contributed by atoms with Crippen LogP contribution in [0.25, 0.3) is 0 Å². The van der Waals surface area contributed by atoms with E-state index in [1.807, 2.05) is 0 Å². The van der Waals surface area contributed by atoms with Crippen molar-refractivity contribution in [2.45, 2.75) is 0 Å². The zero-order valence-corrected chi connectivity index (χ0v) is 3.50. The molecule has 0 nitrogen and oxygen atoms in total. The van der Waals surface area contributed by atoms with Crippen molar-refractivity contribution in [2.24, 2.45) is 0 Å². The molecule has 0 rings (SSSR count). The van der Waals surface area contributed by atoms with Gasteiger partial charge < -0.3 is 0 Å². The summed E-state index contributed by atoms with van der Waals surface area (Å²) in [6.45, 7) is 4.31. The lowest BCUT2D eigenvalue weighted by molar-refractivity contribution is 2.32. The highest BCUT2D eigenvalue weighted by molar-refractivity contribution is 7.35. The molecule has 0 aliphatic heterocycles. The van der Waals surface area contributed by atoms with E-state index in [9.17, 15) is 0 Å². The number of rotatable bonds is 0. The summed E-state index contributed by atoms with van der Waals surface area (Å²) in [5.74, 6) is 0. The van der Waals surface area contributed by atoms with Crippen LogP contribution >= 0.6 is 8.58 Å². The lowest BCUT2D eigenvalue weighted by Gasteiger charge is -1.50. The van der Waals surface area contributed by atoms with Gasteiger partial charge >= 0.3 is 0 Å². The van der Waals surface area contributed by atoms with Crippen LogP contribution in [0.5, 0.6) is 0 Å². The summed E-state index contributed by atoms with van der Waals surface area (Å²) < 4.78 is 0. The molecule has 4 heavy (non-hydrogen) atoms. The summed E-state index contributed by atoms with van der Waals surface area (Å²) >= 11 is 0. The second-order valence-corrected chi connectivity index (χ2v) is 1.50. The van der Waals surface area contributed by atoms with E-state index in [1.54, 1.807) is 0 Å². The smallest absolute Gasteiger partial charge is 0.0814 e. The van der Waals surface area contributed by atoms with Gasteiger partial charge in [0, 0.05) is 0 Å². The Bertz CT molecular complexity index is 6.00. The second-order valence-electron chi connectivity index (χ2n) is 0.500. The highest BCUT2D eigenvalue weighted by Crippen LogP contribution is 1.84. The monoisotopic (exact) mass is 76.1 g/mol. The van der Waals surface area contributed by atoms with Crippen LogP contribution in [-0.4, -0.2) is 21.7 Å². The maximum atomic E-state index is 2.15. The van der Waals surface area contributed by atoms with Gasteiger partial charge in [-0.1, -0.05) is 0 Å². The molecule has 0 aliphatic carbocycles. The third kappa shape index (κ3) is 22.8. The average Bonchev–Trinajstić information content (AvgIpc) is 0.918. The Morgan fingerprint density at radius 2 is 1.25 bits per heavy atom. The molecule has 0 aromatic carbocycles. The molecule has 0 unspecified atom stereocenters. The van der Waals surface area contributed by atoms with Crippen molar-refractivity contribution in [1.82, 2.24) is 0 Å². The van der Waals surface area contributed by atoms with Crippen LogP contribution in [0, 0.1) is 0 Å². The van der Waals surface area contributed by atoms with Crippen molar-refractivity contribution in [3.8, 4) is 0 Å². The van der Waals surface area contributed by atoms with Gasteiger partial charge in [0.05, 0.1) is 8.41 Å². The van der Waals surface area contributed by atoms with E-state index in [1.165, 1.54) is 0 Å². The van der Waals surface area contributed by atoms with Gasteiger partial charge in [-0.15, -0.1) is 8.58 Å². The first-order valence-electron chi connectivity index (χ1n) is 1.00. The summed E-state index contributed by atoms with van der Waals surface area (Å²) in [4.78, 5) is 0. The first-order chi connectivity index (χ1) is 1.41. The lowest BCUT2D eigenvalue weighted by Crippen LogP contribution is -1.18. The van der Waals surface area contributed by atoms with Crippen molar-refractivity contribution >= 4 is 17.0 Å². The topological polar surface area (TPSA) is 0 Å². The molecule has 0 saturated carbocycles. The molecule has 2 heteroatoms. The Labute approximate surface area is 31.3 Å². The van der Waals surface area contributed by atoms with E-state index >= 15 is 0 Å². The quantitative estimate of drug-likeness (QED) is 0.275. The van der Waals surface area contributed by atoms with Crippen LogP contribution in [0.2, 0.25) is 0 Å². The highest BCUT2D eigenvalue weighted by atomic mass is 31.1. The van der Waals surface area contributed by atoms with Gasteiger partial charge in [-0.3, -0.25) is 0 Å². The molecule has 0 bridgehead atoms. The summed E-state index contributed by atoms with van der Waals surface area (Å²) in [7, 11) is 1.08. The third-order valence-corrected chi connectivity index (χ3v) is 0. The molecule has 0 aliphatic rings.